The normalized spacial score (nSPS) is 16.7. The summed E-state index contributed by atoms with van der Waals surface area (Å²) in [5.74, 6) is 1.18. The lowest BCUT2D eigenvalue weighted by molar-refractivity contribution is 0.141. The molecule has 4 nitrogen and oxygen atoms in total. The first-order valence-electron chi connectivity index (χ1n) is 4.23. The van der Waals surface area contributed by atoms with Crippen molar-refractivity contribution in [2.45, 2.75) is 13.0 Å². The highest BCUT2D eigenvalue weighted by molar-refractivity contribution is 5.20. The van der Waals surface area contributed by atoms with Crippen molar-refractivity contribution in [3.63, 3.8) is 0 Å². The van der Waals surface area contributed by atoms with Gasteiger partial charge in [-0.05, 0) is 6.92 Å². The van der Waals surface area contributed by atoms with Crippen molar-refractivity contribution >= 4 is 0 Å². The molecule has 0 radical (unpaired) electrons. The van der Waals surface area contributed by atoms with Crippen LogP contribution < -0.4 is 15.7 Å². The molecule has 70 valence electrons. The van der Waals surface area contributed by atoms with Crippen LogP contribution in [0.2, 0.25) is 0 Å². The minimum Gasteiger partial charge on any atom is -0.487 e. The smallest absolute Gasteiger partial charge is 0.339 e. The maximum Gasteiger partial charge on any atom is 0.339 e. The third-order valence-corrected chi connectivity index (χ3v) is 1.91. The Kier molecular flexibility index (Phi) is 2.06. The van der Waals surface area contributed by atoms with E-state index in [1.165, 1.54) is 6.07 Å². The van der Waals surface area contributed by atoms with Gasteiger partial charge in [0.2, 0.25) is 0 Å². The van der Waals surface area contributed by atoms with Gasteiger partial charge in [0, 0.05) is 19.2 Å². The Labute approximate surface area is 75.5 Å². The average Bonchev–Trinajstić information content (AvgIpc) is 1.95. The summed E-state index contributed by atoms with van der Waals surface area (Å²) in [6, 6.07) is 3.09. The lowest BCUT2D eigenvalue weighted by Crippen LogP contribution is -2.50. The highest BCUT2D eigenvalue weighted by atomic mass is 16.5. The summed E-state index contributed by atoms with van der Waals surface area (Å²) in [5, 5.41) is 3.08. The second kappa shape index (κ2) is 3.22. The van der Waals surface area contributed by atoms with Gasteiger partial charge in [-0.15, -0.1) is 0 Å². The molecule has 0 aliphatic carbocycles. The summed E-state index contributed by atoms with van der Waals surface area (Å²) in [7, 11) is 0. The Balaban J connectivity index is 2.14. The molecule has 2 rings (SSSR count). The van der Waals surface area contributed by atoms with E-state index < -0.39 is 0 Å². The topological polar surface area (TPSA) is 51.5 Å². The minimum absolute atomic E-state index is 0.196. The fourth-order valence-corrected chi connectivity index (χ4v) is 1.18. The van der Waals surface area contributed by atoms with Crippen LogP contribution in [0.25, 0.3) is 0 Å². The first kappa shape index (κ1) is 8.31. The van der Waals surface area contributed by atoms with E-state index >= 15 is 0 Å². The molecular weight excluding hydrogens is 170 g/mol. The zero-order valence-corrected chi connectivity index (χ0v) is 7.37. The lowest BCUT2D eigenvalue weighted by atomic mass is 10.2. The highest BCUT2D eigenvalue weighted by Crippen LogP contribution is 2.12. The largest absolute Gasteiger partial charge is 0.487 e. The number of aryl methyl sites for hydroxylation is 1. The molecule has 1 aromatic heterocycles. The first-order chi connectivity index (χ1) is 6.24. The molecule has 0 unspecified atom stereocenters. The van der Waals surface area contributed by atoms with Crippen LogP contribution in [-0.4, -0.2) is 19.2 Å². The monoisotopic (exact) mass is 181 g/mol. The van der Waals surface area contributed by atoms with Gasteiger partial charge in [0.1, 0.15) is 17.6 Å². The standard InChI is InChI=1S/C9H11NO3/c1-6-2-7(3-9(11)12-6)13-8-4-10-5-8/h2-3,8,10H,4-5H2,1H3. The molecule has 2 heterocycles. The van der Waals surface area contributed by atoms with E-state index in [9.17, 15) is 4.79 Å². The molecule has 4 heteroatoms. The van der Waals surface area contributed by atoms with Crippen molar-refractivity contribution in [2.24, 2.45) is 0 Å². The van der Waals surface area contributed by atoms with Gasteiger partial charge in [0.05, 0.1) is 6.07 Å². The summed E-state index contributed by atoms with van der Waals surface area (Å²) in [6.45, 7) is 3.42. The van der Waals surface area contributed by atoms with Gasteiger partial charge in [-0.3, -0.25) is 0 Å². The van der Waals surface area contributed by atoms with E-state index in [0.717, 1.165) is 13.1 Å². The summed E-state index contributed by atoms with van der Waals surface area (Å²) in [4.78, 5) is 10.9. The molecule has 0 bridgehead atoms. The van der Waals surface area contributed by atoms with Crippen LogP contribution in [0.4, 0.5) is 0 Å². The van der Waals surface area contributed by atoms with Gasteiger partial charge in [0.15, 0.2) is 0 Å². The number of ether oxygens (including phenoxy) is 1. The highest BCUT2D eigenvalue weighted by Gasteiger charge is 2.18. The Hall–Kier alpha value is -1.29. The van der Waals surface area contributed by atoms with E-state index in [4.69, 9.17) is 9.15 Å². The van der Waals surface area contributed by atoms with Crippen LogP contribution in [0.3, 0.4) is 0 Å². The molecule has 1 fully saturated rings. The van der Waals surface area contributed by atoms with E-state index in [1.54, 1.807) is 13.0 Å². The average molecular weight is 181 g/mol. The molecule has 1 aliphatic rings. The maximum atomic E-state index is 10.9. The SMILES string of the molecule is Cc1cc(OC2CNC2)cc(=O)o1. The summed E-state index contributed by atoms with van der Waals surface area (Å²) in [5.41, 5.74) is -0.359. The van der Waals surface area contributed by atoms with E-state index in [0.29, 0.717) is 11.5 Å². The zero-order chi connectivity index (χ0) is 9.26. The van der Waals surface area contributed by atoms with Crippen molar-refractivity contribution in [1.29, 1.82) is 0 Å². The van der Waals surface area contributed by atoms with Gasteiger partial charge < -0.3 is 14.5 Å². The minimum atomic E-state index is -0.359. The molecule has 13 heavy (non-hydrogen) atoms. The van der Waals surface area contributed by atoms with Crippen LogP contribution in [0.15, 0.2) is 21.3 Å². The Morgan fingerprint density at radius 3 is 2.85 bits per heavy atom. The molecule has 0 amide bonds. The molecule has 0 saturated carbocycles. The molecule has 0 aromatic carbocycles. The number of nitrogens with one attached hydrogen (secondary N) is 1. The van der Waals surface area contributed by atoms with Crippen molar-refractivity contribution < 1.29 is 9.15 Å². The summed E-state index contributed by atoms with van der Waals surface area (Å²) in [6.07, 6.45) is 0.196. The van der Waals surface area contributed by atoms with Crippen LogP contribution in [0.1, 0.15) is 5.76 Å². The summed E-state index contributed by atoms with van der Waals surface area (Å²) >= 11 is 0. The van der Waals surface area contributed by atoms with E-state index in [1.807, 2.05) is 0 Å². The predicted octanol–water partition coefficient (Wildman–Crippen LogP) is 0.299. The Bertz CT molecular complexity index is 354. The molecule has 1 N–H and O–H groups in total. The molecule has 1 aliphatic heterocycles. The fraction of sp³-hybridized carbons (Fsp3) is 0.444. The molecular formula is C9H11NO3. The van der Waals surface area contributed by atoms with Crippen LogP contribution >= 0.6 is 0 Å². The van der Waals surface area contributed by atoms with Crippen LogP contribution in [0.5, 0.6) is 5.75 Å². The third-order valence-electron chi connectivity index (χ3n) is 1.91. The first-order valence-corrected chi connectivity index (χ1v) is 4.23. The molecule has 0 atom stereocenters. The number of hydrogen-bond donors (Lipinski definition) is 1. The van der Waals surface area contributed by atoms with Gasteiger partial charge in [-0.2, -0.15) is 0 Å². The van der Waals surface area contributed by atoms with Crippen molar-refractivity contribution in [1.82, 2.24) is 5.32 Å². The third kappa shape index (κ3) is 1.89. The van der Waals surface area contributed by atoms with Crippen molar-refractivity contribution in [3.8, 4) is 5.75 Å². The second-order valence-electron chi connectivity index (χ2n) is 3.12. The van der Waals surface area contributed by atoms with Crippen molar-refractivity contribution in [3.05, 3.63) is 28.3 Å². The molecule has 1 saturated heterocycles. The maximum absolute atomic E-state index is 10.9. The van der Waals surface area contributed by atoms with E-state index in [-0.39, 0.29) is 11.7 Å². The fourth-order valence-electron chi connectivity index (χ4n) is 1.18. The predicted molar refractivity (Wildman–Crippen MR) is 47.0 cm³/mol. The van der Waals surface area contributed by atoms with Gasteiger partial charge in [-0.1, -0.05) is 0 Å². The van der Waals surface area contributed by atoms with Gasteiger partial charge >= 0.3 is 5.63 Å². The quantitative estimate of drug-likeness (QED) is 0.713. The van der Waals surface area contributed by atoms with Crippen LogP contribution in [0, 0.1) is 6.92 Å². The number of rotatable bonds is 2. The molecule has 1 aromatic rings. The van der Waals surface area contributed by atoms with E-state index in [2.05, 4.69) is 5.32 Å². The Morgan fingerprint density at radius 1 is 1.54 bits per heavy atom. The number of hydrogen-bond acceptors (Lipinski definition) is 4. The molecule has 0 spiro atoms. The van der Waals surface area contributed by atoms with Crippen molar-refractivity contribution in [2.75, 3.05) is 13.1 Å². The zero-order valence-electron chi connectivity index (χ0n) is 7.37. The van der Waals surface area contributed by atoms with Gasteiger partial charge in [0.25, 0.3) is 0 Å². The summed E-state index contributed by atoms with van der Waals surface area (Å²) < 4.78 is 10.3. The lowest BCUT2D eigenvalue weighted by Gasteiger charge is -2.27. The second-order valence-corrected chi connectivity index (χ2v) is 3.12. The Morgan fingerprint density at radius 2 is 2.31 bits per heavy atom. The van der Waals surface area contributed by atoms with Crippen LogP contribution in [-0.2, 0) is 0 Å². The van der Waals surface area contributed by atoms with Gasteiger partial charge in [-0.25, -0.2) is 4.79 Å².